The summed E-state index contributed by atoms with van der Waals surface area (Å²) in [6.07, 6.45) is 5.51. The molecule has 42 heavy (non-hydrogen) atoms. The molecule has 7 nitrogen and oxygen atoms in total. The van der Waals surface area contributed by atoms with E-state index in [2.05, 4.69) is 40.8 Å². The van der Waals surface area contributed by atoms with E-state index in [0.717, 1.165) is 38.5 Å². The number of sulfone groups is 2. The van der Waals surface area contributed by atoms with Crippen molar-refractivity contribution in [1.29, 1.82) is 0 Å². The Kier molecular flexibility index (Phi) is 8.42. The predicted octanol–water partition coefficient (Wildman–Crippen LogP) is 6.77. The lowest BCUT2D eigenvalue weighted by molar-refractivity contribution is -0.187. The van der Waals surface area contributed by atoms with Crippen LogP contribution in [0, 0.1) is 5.92 Å². The number of hydrogen-bond donors (Lipinski definition) is 0. The number of hydrogen-bond acceptors (Lipinski definition) is 7. The molecule has 1 unspecified atom stereocenters. The van der Waals surface area contributed by atoms with Crippen molar-refractivity contribution in [3.8, 4) is 0 Å². The second-order valence-electron chi connectivity index (χ2n) is 14.0. The van der Waals surface area contributed by atoms with Crippen molar-refractivity contribution in [3.63, 3.8) is 0 Å². The van der Waals surface area contributed by atoms with Crippen molar-refractivity contribution in [2.75, 3.05) is 6.54 Å². The number of benzene rings is 2. The zero-order valence-corrected chi connectivity index (χ0v) is 28.5. The van der Waals surface area contributed by atoms with Gasteiger partial charge in [0.25, 0.3) is 0 Å². The first kappa shape index (κ1) is 31.8. The molecule has 2 aromatic carbocycles. The van der Waals surface area contributed by atoms with Crippen LogP contribution in [-0.2, 0) is 28.9 Å². The third-order valence-corrected chi connectivity index (χ3v) is 19.6. The maximum Gasteiger partial charge on any atom is 0.214 e. The molecule has 0 radical (unpaired) electrons. The zero-order chi connectivity index (χ0) is 30.6. The molecule has 1 aliphatic carbocycles. The molecule has 0 amide bonds. The highest BCUT2D eigenvalue weighted by Gasteiger charge is 2.75. The first-order chi connectivity index (χ1) is 19.6. The Morgan fingerprint density at radius 2 is 1.57 bits per heavy atom. The van der Waals surface area contributed by atoms with Gasteiger partial charge in [-0.2, -0.15) is 5.06 Å². The number of fused-ring (bicyclic) bond motifs is 3. The fourth-order valence-corrected chi connectivity index (χ4v) is 13.1. The summed E-state index contributed by atoms with van der Waals surface area (Å²) in [5.41, 5.74) is -0.620. The molecule has 2 aliphatic heterocycles. The quantitative estimate of drug-likeness (QED) is 0.282. The molecular weight excluding hydrogens is 587 g/mol. The topological polar surface area (TPSA) is 90.0 Å². The van der Waals surface area contributed by atoms with Crippen molar-refractivity contribution in [3.05, 3.63) is 60.7 Å². The second-order valence-corrected chi connectivity index (χ2v) is 23.0. The molecule has 3 fully saturated rings. The number of hydroxylamine groups is 2. The summed E-state index contributed by atoms with van der Waals surface area (Å²) in [6, 6.07) is 16.4. The molecule has 3 aliphatic rings. The fourth-order valence-electron chi connectivity index (χ4n) is 7.18. The van der Waals surface area contributed by atoms with E-state index in [1.807, 2.05) is 0 Å². The molecule has 1 saturated carbocycles. The van der Waals surface area contributed by atoms with Gasteiger partial charge in [-0.25, -0.2) is 16.8 Å². The number of nitrogens with zero attached hydrogens (tertiary/aromatic N) is 1. The highest BCUT2D eigenvalue weighted by Crippen LogP contribution is 2.61. The van der Waals surface area contributed by atoms with E-state index in [0.29, 0.717) is 0 Å². The highest BCUT2D eigenvalue weighted by atomic mass is 32.2. The van der Waals surface area contributed by atoms with E-state index in [9.17, 15) is 16.8 Å². The van der Waals surface area contributed by atoms with Crippen LogP contribution in [0.15, 0.2) is 70.5 Å². The number of rotatable bonds is 9. The van der Waals surface area contributed by atoms with Gasteiger partial charge in [0.15, 0.2) is 18.2 Å². The maximum absolute atomic E-state index is 14.7. The molecule has 2 bridgehead atoms. The summed E-state index contributed by atoms with van der Waals surface area (Å²) in [5.74, 6) is 0.0357. The molecule has 2 heterocycles. The SMILES string of the molecule is CCCC[C@H]1[C@H](O[Si](C)(C)C(C)(C)C)CCC[C@]12C[C@]1(S(=O)(=O)c3ccccc3)ON2C[C@@H]1S(=O)(=O)c1ccccc1. The summed E-state index contributed by atoms with van der Waals surface area (Å²) in [6.45, 7) is 13.4. The first-order valence-corrected chi connectivity index (χ1v) is 21.3. The Balaban J connectivity index is 1.63. The molecule has 2 saturated heterocycles. The van der Waals surface area contributed by atoms with Crippen molar-refractivity contribution in [2.24, 2.45) is 5.92 Å². The van der Waals surface area contributed by atoms with Crippen LogP contribution < -0.4 is 0 Å². The van der Waals surface area contributed by atoms with E-state index < -0.39 is 43.7 Å². The summed E-state index contributed by atoms with van der Waals surface area (Å²) in [5, 5.41) is 0.572. The van der Waals surface area contributed by atoms with Crippen molar-refractivity contribution < 1.29 is 26.1 Å². The van der Waals surface area contributed by atoms with Crippen LogP contribution in [0.5, 0.6) is 0 Å². The van der Waals surface area contributed by atoms with Crippen LogP contribution in [0.1, 0.15) is 72.6 Å². The van der Waals surface area contributed by atoms with Crippen molar-refractivity contribution in [2.45, 2.75) is 122 Å². The lowest BCUT2D eigenvalue weighted by Crippen LogP contribution is -2.63. The van der Waals surface area contributed by atoms with E-state index in [-0.39, 0.29) is 39.8 Å². The van der Waals surface area contributed by atoms with Gasteiger partial charge in [0.05, 0.1) is 15.3 Å². The Hall–Kier alpha value is -1.56. The molecule has 1 spiro atoms. The molecule has 10 heteroatoms. The highest BCUT2D eigenvalue weighted by molar-refractivity contribution is 7.96. The van der Waals surface area contributed by atoms with Gasteiger partial charge in [-0.15, -0.1) is 0 Å². The summed E-state index contributed by atoms with van der Waals surface area (Å²) in [4.78, 5) is 4.86. The smallest absolute Gasteiger partial charge is 0.214 e. The van der Waals surface area contributed by atoms with Crippen LogP contribution in [0.4, 0.5) is 0 Å². The van der Waals surface area contributed by atoms with Gasteiger partial charge in [-0.05, 0) is 68.1 Å². The van der Waals surface area contributed by atoms with Crippen LogP contribution >= 0.6 is 0 Å². The van der Waals surface area contributed by atoms with Gasteiger partial charge in [-0.3, -0.25) is 4.84 Å². The third kappa shape index (κ3) is 5.03. The summed E-state index contributed by atoms with van der Waals surface area (Å²) in [7, 11) is -10.4. The van der Waals surface area contributed by atoms with Crippen LogP contribution in [0.3, 0.4) is 0 Å². The first-order valence-electron chi connectivity index (χ1n) is 15.4. The van der Waals surface area contributed by atoms with Crippen molar-refractivity contribution in [1.82, 2.24) is 5.06 Å². The minimum atomic E-state index is -4.22. The monoisotopic (exact) mass is 633 g/mol. The molecule has 232 valence electrons. The Labute approximate surface area is 253 Å². The average molecular weight is 634 g/mol. The Morgan fingerprint density at radius 1 is 0.976 bits per heavy atom. The molecule has 6 atom stereocenters. The standard InChI is InChI=1S/C32H47NO6S2Si/c1-7-8-20-27-28(38-42(5,6)30(2,3)4)21-15-22-31(27)24-32(41(36,37)26-18-13-10-14-19-26)29(23-33(31)39-32)40(34,35)25-16-11-9-12-17-25/h9-14,16-19,27-29H,7-8,15,20-24H2,1-6H3/t27-,28+,29-,31-,32+/m0/s1. The fraction of sp³-hybridized carbons (Fsp3) is 0.625. The van der Waals surface area contributed by atoms with Crippen LogP contribution in [0.2, 0.25) is 18.1 Å². The van der Waals surface area contributed by atoms with Gasteiger partial charge in [0.2, 0.25) is 14.8 Å². The molecule has 2 aromatic rings. The van der Waals surface area contributed by atoms with E-state index >= 15 is 0 Å². The normalized spacial score (nSPS) is 32.0. The van der Waals surface area contributed by atoms with Gasteiger partial charge < -0.3 is 4.43 Å². The Bertz CT molecular complexity index is 1480. The zero-order valence-electron chi connectivity index (χ0n) is 25.9. The molecule has 0 aromatic heterocycles. The van der Waals surface area contributed by atoms with E-state index in [1.54, 1.807) is 65.7 Å². The van der Waals surface area contributed by atoms with Gasteiger partial charge in [0, 0.05) is 25.0 Å². The molecule has 0 N–H and O–H groups in total. The van der Waals surface area contributed by atoms with E-state index in [1.165, 1.54) is 0 Å². The number of unbranched alkanes of at least 4 members (excludes halogenated alkanes) is 1. The largest absolute Gasteiger partial charge is 0.414 e. The average Bonchev–Trinajstić information content (AvgIpc) is 3.49. The summed E-state index contributed by atoms with van der Waals surface area (Å²) >= 11 is 0. The minimum absolute atomic E-state index is 0.0126. The van der Waals surface area contributed by atoms with E-state index in [4.69, 9.17) is 9.26 Å². The van der Waals surface area contributed by atoms with Gasteiger partial charge in [0.1, 0.15) is 5.25 Å². The lowest BCUT2D eigenvalue weighted by atomic mass is 9.65. The molecule has 5 rings (SSSR count). The predicted molar refractivity (Wildman–Crippen MR) is 168 cm³/mol. The molecular formula is C32H47NO6S2Si. The second kappa shape index (κ2) is 11.1. The van der Waals surface area contributed by atoms with Gasteiger partial charge in [-0.1, -0.05) is 76.9 Å². The van der Waals surface area contributed by atoms with Crippen LogP contribution in [0.25, 0.3) is 0 Å². The minimum Gasteiger partial charge on any atom is -0.414 e. The lowest BCUT2D eigenvalue weighted by Gasteiger charge is -2.53. The van der Waals surface area contributed by atoms with Crippen LogP contribution in [-0.4, -0.2) is 58.6 Å². The number of piperidine rings is 1. The van der Waals surface area contributed by atoms with Gasteiger partial charge >= 0.3 is 0 Å². The van der Waals surface area contributed by atoms with Crippen molar-refractivity contribution >= 4 is 28.0 Å². The third-order valence-electron chi connectivity index (χ3n) is 10.4. The maximum atomic E-state index is 14.7. The summed E-state index contributed by atoms with van der Waals surface area (Å²) < 4.78 is 64.8. The Morgan fingerprint density at radius 3 is 2.14 bits per heavy atom.